The highest BCUT2D eigenvalue weighted by Crippen LogP contribution is 2.17. The van der Waals surface area contributed by atoms with Crippen LogP contribution in [0.25, 0.3) is 0 Å². The van der Waals surface area contributed by atoms with Crippen molar-refractivity contribution in [2.45, 2.75) is 58.3 Å². The average Bonchev–Trinajstić information content (AvgIpc) is 2.68. The summed E-state index contributed by atoms with van der Waals surface area (Å²) in [5.41, 5.74) is 1.42. The van der Waals surface area contributed by atoms with Crippen LogP contribution in [0.2, 0.25) is 0 Å². The summed E-state index contributed by atoms with van der Waals surface area (Å²) in [7, 11) is 0. The molecule has 1 aromatic heterocycles. The van der Waals surface area contributed by atoms with Gasteiger partial charge in [-0.3, -0.25) is 4.98 Å². The minimum Gasteiger partial charge on any atom is -0.494 e. The van der Waals surface area contributed by atoms with E-state index in [0.29, 0.717) is 5.69 Å². The van der Waals surface area contributed by atoms with E-state index in [1.54, 1.807) is 24.5 Å². The summed E-state index contributed by atoms with van der Waals surface area (Å²) in [6, 6.07) is 10.6. The van der Waals surface area contributed by atoms with Crippen LogP contribution in [0.1, 0.15) is 58.3 Å². The summed E-state index contributed by atoms with van der Waals surface area (Å²) >= 11 is 0. The van der Waals surface area contributed by atoms with Gasteiger partial charge in [0.2, 0.25) is 0 Å². The number of hydrogen-bond donors (Lipinski definition) is 2. The fourth-order valence-electron chi connectivity index (χ4n) is 2.79. The first-order valence-corrected chi connectivity index (χ1v) is 9.99. The third-order valence-corrected chi connectivity index (χ3v) is 4.32. The number of hydrogen-bond acceptors (Lipinski definition) is 3. The third kappa shape index (κ3) is 9.08. The van der Waals surface area contributed by atoms with Crippen molar-refractivity contribution in [2.24, 2.45) is 0 Å². The molecular weight excluding hydrogens is 338 g/mol. The van der Waals surface area contributed by atoms with E-state index < -0.39 is 0 Å². The summed E-state index contributed by atoms with van der Waals surface area (Å²) in [4.78, 5) is 15.9. The van der Waals surface area contributed by atoms with Crippen LogP contribution < -0.4 is 15.4 Å². The Morgan fingerprint density at radius 1 is 0.815 bits per heavy atom. The number of anilines is 2. The van der Waals surface area contributed by atoms with E-state index in [1.807, 2.05) is 24.3 Å². The standard InChI is InChI=1S/C22H31N3O2/c1-2-3-4-5-6-7-8-9-18-27-21-12-10-19(11-13-21)24-22(26)25-20-14-16-23-17-15-20/h10-17H,2-9,18H2,1H3,(H2,23,24,25,26). The van der Waals surface area contributed by atoms with Crippen molar-refractivity contribution in [2.75, 3.05) is 17.2 Å². The number of benzene rings is 1. The van der Waals surface area contributed by atoms with Crippen molar-refractivity contribution in [1.82, 2.24) is 4.98 Å². The van der Waals surface area contributed by atoms with Gasteiger partial charge < -0.3 is 15.4 Å². The summed E-state index contributed by atoms with van der Waals surface area (Å²) in [6.07, 6.45) is 13.6. The average molecular weight is 370 g/mol. The largest absolute Gasteiger partial charge is 0.494 e. The van der Waals surface area contributed by atoms with E-state index in [4.69, 9.17) is 4.74 Å². The van der Waals surface area contributed by atoms with Gasteiger partial charge in [0, 0.05) is 23.8 Å². The molecule has 5 heteroatoms. The van der Waals surface area contributed by atoms with Crippen LogP contribution in [0.3, 0.4) is 0 Å². The van der Waals surface area contributed by atoms with E-state index in [0.717, 1.165) is 24.5 Å². The number of unbranched alkanes of at least 4 members (excludes halogenated alkanes) is 7. The highest BCUT2D eigenvalue weighted by molar-refractivity contribution is 5.99. The van der Waals surface area contributed by atoms with Crippen LogP contribution in [-0.2, 0) is 0 Å². The maximum Gasteiger partial charge on any atom is 0.323 e. The van der Waals surface area contributed by atoms with Gasteiger partial charge in [-0.05, 0) is 42.8 Å². The van der Waals surface area contributed by atoms with E-state index in [2.05, 4.69) is 22.5 Å². The highest BCUT2D eigenvalue weighted by atomic mass is 16.5. The Balaban J connectivity index is 1.59. The Hall–Kier alpha value is -2.56. The van der Waals surface area contributed by atoms with Gasteiger partial charge in [-0.2, -0.15) is 0 Å². The molecule has 5 nitrogen and oxygen atoms in total. The van der Waals surface area contributed by atoms with Gasteiger partial charge in [-0.1, -0.05) is 51.9 Å². The Bertz CT molecular complexity index is 644. The molecule has 0 saturated carbocycles. The van der Waals surface area contributed by atoms with E-state index in [-0.39, 0.29) is 6.03 Å². The normalized spacial score (nSPS) is 10.4. The number of pyridine rings is 1. The molecule has 0 fully saturated rings. The van der Waals surface area contributed by atoms with Crippen molar-refractivity contribution >= 4 is 17.4 Å². The smallest absolute Gasteiger partial charge is 0.323 e. The predicted molar refractivity (Wildman–Crippen MR) is 111 cm³/mol. The monoisotopic (exact) mass is 369 g/mol. The van der Waals surface area contributed by atoms with E-state index in [9.17, 15) is 4.79 Å². The zero-order valence-corrected chi connectivity index (χ0v) is 16.2. The third-order valence-electron chi connectivity index (χ3n) is 4.32. The number of rotatable bonds is 12. The fraction of sp³-hybridized carbons (Fsp3) is 0.455. The molecule has 1 heterocycles. The minimum absolute atomic E-state index is 0.284. The zero-order valence-electron chi connectivity index (χ0n) is 16.2. The first-order chi connectivity index (χ1) is 13.3. The Kier molecular flexibility index (Phi) is 9.79. The lowest BCUT2D eigenvalue weighted by molar-refractivity contribution is 0.262. The first-order valence-electron chi connectivity index (χ1n) is 9.99. The Morgan fingerprint density at radius 3 is 2.00 bits per heavy atom. The molecule has 0 atom stereocenters. The molecule has 0 aliphatic carbocycles. The molecular formula is C22H31N3O2. The molecule has 2 N–H and O–H groups in total. The zero-order chi connectivity index (χ0) is 19.2. The molecule has 0 aliphatic heterocycles. The summed E-state index contributed by atoms with van der Waals surface area (Å²) < 4.78 is 5.77. The molecule has 2 aromatic rings. The van der Waals surface area contributed by atoms with Gasteiger partial charge in [0.25, 0.3) is 0 Å². The number of urea groups is 1. The molecule has 0 saturated heterocycles. The van der Waals surface area contributed by atoms with Gasteiger partial charge in [0.1, 0.15) is 5.75 Å². The van der Waals surface area contributed by atoms with Crippen LogP contribution in [0.15, 0.2) is 48.8 Å². The molecule has 146 valence electrons. The van der Waals surface area contributed by atoms with E-state index in [1.165, 1.54) is 44.9 Å². The lowest BCUT2D eigenvalue weighted by Crippen LogP contribution is -2.19. The van der Waals surface area contributed by atoms with Crippen LogP contribution in [0, 0.1) is 0 Å². The second-order valence-corrected chi connectivity index (χ2v) is 6.66. The van der Waals surface area contributed by atoms with E-state index >= 15 is 0 Å². The van der Waals surface area contributed by atoms with Crippen LogP contribution in [0.5, 0.6) is 5.75 Å². The lowest BCUT2D eigenvalue weighted by atomic mass is 10.1. The first kappa shape index (κ1) is 20.7. The summed E-state index contributed by atoms with van der Waals surface area (Å²) in [5.74, 6) is 0.832. The number of carbonyl (C=O) groups is 1. The highest BCUT2D eigenvalue weighted by Gasteiger charge is 2.03. The number of carbonyl (C=O) groups excluding carboxylic acids is 1. The number of amides is 2. The van der Waals surface area contributed by atoms with Gasteiger partial charge in [0.05, 0.1) is 6.61 Å². The van der Waals surface area contributed by atoms with Gasteiger partial charge in [-0.25, -0.2) is 4.79 Å². The van der Waals surface area contributed by atoms with Crippen molar-refractivity contribution in [3.05, 3.63) is 48.8 Å². The van der Waals surface area contributed by atoms with Gasteiger partial charge in [-0.15, -0.1) is 0 Å². The molecule has 0 bridgehead atoms. The van der Waals surface area contributed by atoms with Crippen molar-refractivity contribution in [3.63, 3.8) is 0 Å². The van der Waals surface area contributed by atoms with Crippen LogP contribution in [-0.4, -0.2) is 17.6 Å². The lowest BCUT2D eigenvalue weighted by Gasteiger charge is -2.09. The molecule has 0 spiro atoms. The number of aromatic nitrogens is 1. The molecule has 27 heavy (non-hydrogen) atoms. The second kappa shape index (κ2) is 12.7. The second-order valence-electron chi connectivity index (χ2n) is 6.66. The quantitative estimate of drug-likeness (QED) is 0.435. The van der Waals surface area contributed by atoms with Crippen LogP contribution >= 0.6 is 0 Å². The van der Waals surface area contributed by atoms with Crippen molar-refractivity contribution in [1.29, 1.82) is 0 Å². The predicted octanol–water partition coefficient (Wildman–Crippen LogP) is 6.25. The summed E-state index contributed by atoms with van der Waals surface area (Å²) in [5, 5.41) is 5.55. The topological polar surface area (TPSA) is 63.2 Å². The maximum atomic E-state index is 11.9. The minimum atomic E-state index is -0.284. The number of nitrogens with zero attached hydrogens (tertiary/aromatic N) is 1. The molecule has 2 amide bonds. The van der Waals surface area contributed by atoms with Gasteiger partial charge >= 0.3 is 6.03 Å². The van der Waals surface area contributed by atoms with Gasteiger partial charge in [0.15, 0.2) is 0 Å². The summed E-state index contributed by atoms with van der Waals surface area (Å²) in [6.45, 7) is 2.99. The maximum absolute atomic E-state index is 11.9. The molecule has 2 rings (SSSR count). The SMILES string of the molecule is CCCCCCCCCCOc1ccc(NC(=O)Nc2ccncc2)cc1. The number of ether oxygens (including phenoxy) is 1. The van der Waals surface area contributed by atoms with Crippen molar-refractivity contribution in [3.8, 4) is 5.75 Å². The Labute approximate surface area is 162 Å². The van der Waals surface area contributed by atoms with Crippen LogP contribution in [0.4, 0.5) is 16.2 Å². The molecule has 0 unspecified atom stereocenters. The fourth-order valence-corrected chi connectivity index (χ4v) is 2.79. The van der Waals surface area contributed by atoms with Crippen molar-refractivity contribution < 1.29 is 9.53 Å². The molecule has 0 radical (unpaired) electrons. The number of nitrogens with one attached hydrogen (secondary N) is 2. The molecule has 1 aromatic carbocycles. The molecule has 0 aliphatic rings. The Morgan fingerprint density at radius 2 is 1.37 bits per heavy atom.